The number of thiophene rings is 1. The second-order valence-corrected chi connectivity index (χ2v) is 9.70. The highest BCUT2D eigenvalue weighted by molar-refractivity contribution is 7.90. The van der Waals surface area contributed by atoms with Crippen molar-refractivity contribution in [2.24, 2.45) is 4.99 Å². The smallest absolute Gasteiger partial charge is 0.306 e. The van der Waals surface area contributed by atoms with E-state index in [1.807, 2.05) is 0 Å². The molecule has 0 atom stereocenters. The van der Waals surface area contributed by atoms with Gasteiger partial charge in [-0.15, -0.1) is 11.3 Å². The van der Waals surface area contributed by atoms with E-state index >= 15 is 0 Å². The number of hydrogen-bond donors (Lipinski definition) is 1. The maximum Gasteiger partial charge on any atom is 0.306 e. The summed E-state index contributed by atoms with van der Waals surface area (Å²) in [4.78, 5) is 28.6. The molecule has 1 aromatic carbocycles. The van der Waals surface area contributed by atoms with Crippen molar-refractivity contribution in [2.45, 2.75) is 30.6 Å². The van der Waals surface area contributed by atoms with Gasteiger partial charge in [0, 0.05) is 18.5 Å². The highest BCUT2D eigenvalue weighted by Gasteiger charge is 2.29. The van der Waals surface area contributed by atoms with Gasteiger partial charge in [-0.05, 0) is 37.1 Å². The van der Waals surface area contributed by atoms with Crippen LogP contribution in [0.5, 0.6) is 0 Å². The van der Waals surface area contributed by atoms with Crippen LogP contribution in [0.2, 0.25) is 4.34 Å². The highest BCUT2D eigenvalue weighted by Crippen LogP contribution is 2.23. The number of ether oxygens (including phenoxy) is 1. The zero-order valence-corrected chi connectivity index (χ0v) is 17.8. The number of carbonyl (C=O) groups is 2. The zero-order chi connectivity index (χ0) is 20.9. The molecule has 0 amide bonds. The molecular formula is C19H19ClN2O5S2. The average molecular weight is 455 g/mol. The lowest BCUT2D eigenvalue weighted by Gasteiger charge is -2.03. The molecule has 154 valence electrons. The van der Waals surface area contributed by atoms with Crippen molar-refractivity contribution < 1.29 is 22.7 Å². The van der Waals surface area contributed by atoms with Gasteiger partial charge >= 0.3 is 5.97 Å². The van der Waals surface area contributed by atoms with Crippen LogP contribution in [0.3, 0.4) is 0 Å². The Morgan fingerprint density at radius 1 is 1.10 bits per heavy atom. The Hall–Kier alpha value is -2.23. The van der Waals surface area contributed by atoms with Crippen LogP contribution in [0, 0.1) is 0 Å². The van der Waals surface area contributed by atoms with Gasteiger partial charge in [-0.1, -0.05) is 30.2 Å². The molecule has 29 heavy (non-hydrogen) atoms. The molecule has 1 aromatic heterocycles. The summed E-state index contributed by atoms with van der Waals surface area (Å²) in [6.45, 7) is 0.155. The van der Waals surface area contributed by atoms with Crippen LogP contribution in [0.15, 0.2) is 46.3 Å². The van der Waals surface area contributed by atoms with Gasteiger partial charge in [0.05, 0.1) is 14.1 Å². The number of Topliss-reactive ketones (excluding diaryl/α,β-unsaturated/α-hetero) is 1. The summed E-state index contributed by atoms with van der Waals surface area (Å²) in [7, 11) is -3.52. The number of ketones is 1. The fraction of sp³-hybridized carbons (Fsp3) is 0.316. The molecule has 0 spiro atoms. The van der Waals surface area contributed by atoms with Crippen LogP contribution in [0.25, 0.3) is 0 Å². The van der Waals surface area contributed by atoms with Crippen molar-refractivity contribution in [1.29, 1.82) is 0 Å². The van der Waals surface area contributed by atoms with Crippen LogP contribution >= 0.6 is 22.9 Å². The fourth-order valence-electron chi connectivity index (χ4n) is 2.75. The number of hydrogen-bond acceptors (Lipinski definition) is 7. The van der Waals surface area contributed by atoms with E-state index in [1.54, 1.807) is 36.4 Å². The van der Waals surface area contributed by atoms with E-state index in [0.717, 1.165) is 17.8 Å². The lowest BCUT2D eigenvalue weighted by molar-refractivity contribution is -0.142. The van der Waals surface area contributed by atoms with Crippen molar-refractivity contribution in [3.8, 4) is 0 Å². The first-order valence-corrected chi connectivity index (χ1v) is 11.7. The van der Waals surface area contributed by atoms with Gasteiger partial charge in [0.2, 0.25) is 5.78 Å². The van der Waals surface area contributed by atoms with Crippen LogP contribution in [0.1, 0.15) is 40.9 Å². The molecule has 0 fully saturated rings. The van der Waals surface area contributed by atoms with Gasteiger partial charge in [-0.25, -0.2) is 8.42 Å². The van der Waals surface area contributed by atoms with E-state index in [4.69, 9.17) is 16.3 Å². The van der Waals surface area contributed by atoms with E-state index in [9.17, 15) is 18.0 Å². The van der Waals surface area contributed by atoms with Gasteiger partial charge in [0.25, 0.3) is 10.0 Å². The average Bonchev–Trinajstić information content (AvgIpc) is 3.24. The molecular weight excluding hydrogens is 436 g/mol. The van der Waals surface area contributed by atoms with Crippen molar-refractivity contribution in [1.82, 2.24) is 4.72 Å². The van der Waals surface area contributed by atoms with E-state index in [0.29, 0.717) is 40.0 Å². The molecule has 0 saturated carbocycles. The Bertz CT molecular complexity index is 1050. The lowest BCUT2D eigenvalue weighted by Crippen LogP contribution is -2.22. The number of amidine groups is 1. The standard InChI is InChI=1S/C19H19ClN2O5S2/c20-17-10-9-15(28-17)14(23)12-27-18(24)8-2-1-5-11-21-19-13-6-3-4-7-16(13)29(25,26)22-19/h3-4,6-7,9-10H,1-2,5,8,11-12H2,(H,21,22). The summed E-state index contributed by atoms with van der Waals surface area (Å²) >= 11 is 6.92. The predicted octanol–water partition coefficient (Wildman–Crippen LogP) is 3.43. The third-order valence-electron chi connectivity index (χ3n) is 4.18. The normalized spacial score (nSPS) is 15.7. The Morgan fingerprint density at radius 2 is 1.90 bits per heavy atom. The predicted molar refractivity (Wildman–Crippen MR) is 111 cm³/mol. The van der Waals surface area contributed by atoms with Crippen LogP contribution in [-0.4, -0.2) is 39.2 Å². The van der Waals surface area contributed by atoms with Crippen molar-refractivity contribution in [2.75, 3.05) is 13.2 Å². The number of sulfonamides is 1. The number of fused-ring (bicyclic) bond motifs is 1. The first kappa shape index (κ1) is 21.5. The number of benzene rings is 1. The molecule has 0 bridgehead atoms. The van der Waals surface area contributed by atoms with E-state index in [1.165, 1.54) is 0 Å². The summed E-state index contributed by atoms with van der Waals surface area (Å²) in [5.41, 5.74) is 0.577. The number of nitrogens with one attached hydrogen (secondary N) is 1. The summed E-state index contributed by atoms with van der Waals surface area (Å²) in [5.74, 6) is -0.345. The number of aliphatic imine (C=N–C) groups is 1. The van der Waals surface area contributed by atoms with Gasteiger partial charge in [-0.2, -0.15) is 0 Å². The number of carbonyl (C=O) groups excluding carboxylic acids is 2. The first-order valence-electron chi connectivity index (χ1n) is 8.97. The van der Waals surface area contributed by atoms with Crippen LogP contribution < -0.4 is 4.72 Å². The minimum absolute atomic E-state index is 0.213. The molecule has 3 rings (SSSR count). The third kappa shape index (κ3) is 5.65. The molecule has 0 unspecified atom stereocenters. The van der Waals surface area contributed by atoms with Gasteiger partial charge < -0.3 is 4.74 Å². The summed E-state index contributed by atoms with van der Waals surface area (Å²) in [6.07, 6.45) is 2.25. The van der Waals surface area contributed by atoms with Gasteiger partial charge in [-0.3, -0.25) is 19.3 Å². The third-order valence-corrected chi connectivity index (χ3v) is 6.85. The Morgan fingerprint density at radius 3 is 2.66 bits per heavy atom. The second kappa shape index (κ2) is 9.51. The number of esters is 1. The lowest BCUT2D eigenvalue weighted by atomic mass is 10.2. The Labute approximate surface area is 177 Å². The van der Waals surface area contributed by atoms with E-state index < -0.39 is 16.0 Å². The Kier molecular flexibility index (Phi) is 7.05. The van der Waals surface area contributed by atoms with E-state index in [-0.39, 0.29) is 23.7 Å². The van der Waals surface area contributed by atoms with E-state index in [2.05, 4.69) is 9.71 Å². The molecule has 2 heterocycles. The quantitative estimate of drug-likeness (QED) is 0.355. The van der Waals surface area contributed by atoms with Crippen molar-refractivity contribution in [3.63, 3.8) is 0 Å². The second-order valence-electron chi connectivity index (χ2n) is 6.33. The van der Waals surface area contributed by atoms with Crippen molar-refractivity contribution >= 4 is 50.5 Å². The SMILES string of the molecule is O=C(CCCCCN=C1NS(=O)(=O)c2ccccc21)OCC(=O)c1ccc(Cl)s1. The monoisotopic (exact) mass is 454 g/mol. The summed E-state index contributed by atoms with van der Waals surface area (Å²) in [6, 6.07) is 9.92. The molecule has 0 saturated heterocycles. The van der Waals surface area contributed by atoms with Crippen molar-refractivity contribution in [3.05, 3.63) is 51.2 Å². The maximum atomic E-state index is 12.0. The summed E-state index contributed by atoms with van der Waals surface area (Å²) < 4.78 is 32.0. The highest BCUT2D eigenvalue weighted by atomic mass is 35.5. The van der Waals surface area contributed by atoms with Crippen LogP contribution in [-0.2, 0) is 19.6 Å². The number of nitrogens with zero attached hydrogens (tertiary/aromatic N) is 1. The molecule has 1 aliphatic heterocycles. The number of rotatable bonds is 9. The fourth-order valence-corrected chi connectivity index (χ4v) is 4.97. The molecule has 10 heteroatoms. The molecule has 0 radical (unpaired) electrons. The van der Waals surface area contributed by atoms with Gasteiger partial charge in [0.1, 0.15) is 5.84 Å². The minimum atomic E-state index is -3.52. The summed E-state index contributed by atoms with van der Waals surface area (Å²) in [5, 5.41) is 0. The topological polar surface area (TPSA) is 102 Å². The minimum Gasteiger partial charge on any atom is -0.457 e. The number of unbranched alkanes of at least 4 members (excludes halogenated alkanes) is 2. The Balaban J connectivity index is 1.35. The molecule has 7 nitrogen and oxygen atoms in total. The molecule has 1 N–H and O–H groups in total. The first-order chi connectivity index (χ1) is 13.9. The largest absolute Gasteiger partial charge is 0.457 e. The molecule has 0 aliphatic carbocycles. The zero-order valence-electron chi connectivity index (χ0n) is 15.4. The van der Waals surface area contributed by atoms with Crippen LogP contribution in [0.4, 0.5) is 0 Å². The molecule has 2 aromatic rings. The maximum absolute atomic E-state index is 12.0. The number of halogens is 1. The van der Waals surface area contributed by atoms with Gasteiger partial charge in [0.15, 0.2) is 6.61 Å². The molecule has 1 aliphatic rings.